The van der Waals surface area contributed by atoms with Gasteiger partial charge in [-0.05, 0) is 37.1 Å². The fourth-order valence-corrected chi connectivity index (χ4v) is 2.31. The van der Waals surface area contributed by atoms with Crippen LogP contribution in [0.2, 0.25) is 0 Å². The van der Waals surface area contributed by atoms with Gasteiger partial charge >= 0.3 is 5.97 Å². The maximum Gasteiger partial charge on any atom is 0.336 e. The number of carboxylic acids is 1. The monoisotopic (exact) mass is 282 g/mol. The van der Waals surface area contributed by atoms with Gasteiger partial charge in [-0.15, -0.1) is 0 Å². The van der Waals surface area contributed by atoms with Crippen LogP contribution in [-0.2, 0) is 4.79 Å². The van der Waals surface area contributed by atoms with Crippen LogP contribution in [0.15, 0.2) is 42.5 Å². The Morgan fingerprint density at radius 1 is 1.14 bits per heavy atom. The number of ether oxygens (including phenoxy) is 1. The maximum atomic E-state index is 11.6. The summed E-state index contributed by atoms with van der Waals surface area (Å²) in [5.74, 6) is -0.297. The van der Waals surface area contributed by atoms with E-state index in [9.17, 15) is 9.90 Å². The Morgan fingerprint density at radius 2 is 1.86 bits per heavy atom. The summed E-state index contributed by atoms with van der Waals surface area (Å²) in [6.45, 7) is 3.91. The molecule has 0 aromatic heterocycles. The van der Waals surface area contributed by atoms with E-state index < -0.39 is 5.97 Å². The smallest absolute Gasteiger partial charge is 0.336 e. The molecular weight excluding hydrogens is 264 g/mol. The lowest BCUT2D eigenvalue weighted by Gasteiger charge is -2.10. The van der Waals surface area contributed by atoms with Crippen molar-refractivity contribution in [2.75, 3.05) is 7.11 Å². The van der Waals surface area contributed by atoms with E-state index in [0.717, 1.165) is 22.3 Å². The van der Waals surface area contributed by atoms with E-state index in [0.29, 0.717) is 5.75 Å². The second kappa shape index (κ2) is 6.27. The molecule has 0 spiro atoms. The summed E-state index contributed by atoms with van der Waals surface area (Å²) in [5.41, 5.74) is 3.78. The third-order valence-electron chi connectivity index (χ3n) is 3.34. The molecule has 0 saturated carbocycles. The van der Waals surface area contributed by atoms with Crippen molar-refractivity contribution in [1.29, 1.82) is 0 Å². The molecule has 2 aromatic carbocycles. The van der Waals surface area contributed by atoms with E-state index >= 15 is 0 Å². The van der Waals surface area contributed by atoms with Gasteiger partial charge in [-0.1, -0.05) is 42.0 Å². The van der Waals surface area contributed by atoms with Crippen LogP contribution in [0.4, 0.5) is 0 Å². The van der Waals surface area contributed by atoms with Crippen LogP contribution in [0.5, 0.6) is 5.75 Å². The van der Waals surface area contributed by atoms with Gasteiger partial charge in [0.05, 0.1) is 12.7 Å². The van der Waals surface area contributed by atoms with Gasteiger partial charge in [0.25, 0.3) is 0 Å². The summed E-state index contributed by atoms with van der Waals surface area (Å²) in [4.78, 5) is 11.6. The lowest BCUT2D eigenvalue weighted by molar-refractivity contribution is -0.130. The molecule has 0 aliphatic heterocycles. The Kier molecular flexibility index (Phi) is 4.43. The molecule has 2 rings (SSSR count). The molecule has 0 atom stereocenters. The number of aliphatic carboxylic acids is 1. The van der Waals surface area contributed by atoms with Crippen LogP contribution < -0.4 is 4.74 Å². The Balaban J connectivity index is 2.58. The number of hydrogen-bond acceptors (Lipinski definition) is 2. The Bertz CT molecular complexity index is 699. The van der Waals surface area contributed by atoms with Crippen LogP contribution in [0.3, 0.4) is 0 Å². The Hall–Kier alpha value is -2.55. The van der Waals surface area contributed by atoms with Gasteiger partial charge in [0.15, 0.2) is 0 Å². The second-order valence-corrected chi connectivity index (χ2v) is 4.92. The van der Waals surface area contributed by atoms with Crippen molar-refractivity contribution >= 4 is 17.6 Å². The SMILES string of the molecule is COc1ccccc1/C=C(\C(=O)O)c1ccc(C)cc1C. The molecule has 108 valence electrons. The van der Waals surface area contributed by atoms with Gasteiger partial charge < -0.3 is 9.84 Å². The van der Waals surface area contributed by atoms with Crippen LogP contribution in [-0.4, -0.2) is 18.2 Å². The van der Waals surface area contributed by atoms with Crippen LogP contribution in [0.1, 0.15) is 22.3 Å². The van der Waals surface area contributed by atoms with E-state index in [1.165, 1.54) is 0 Å². The largest absolute Gasteiger partial charge is 0.496 e. The molecule has 0 aliphatic rings. The molecule has 0 saturated heterocycles. The fourth-order valence-electron chi connectivity index (χ4n) is 2.31. The number of aryl methyl sites for hydroxylation is 2. The minimum Gasteiger partial charge on any atom is -0.496 e. The number of carbonyl (C=O) groups is 1. The summed E-state index contributed by atoms with van der Waals surface area (Å²) in [7, 11) is 1.57. The van der Waals surface area contributed by atoms with Gasteiger partial charge in [-0.3, -0.25) is 0 Å². The average Bonchev–Trinajstić information content (AvgIpc) is 2.45. The molecule has 2 aromatic rings. The summed E-state index contributed by atoms with van der Waals surface area (Å²) >= 11 is 0. The minimum atomic E-state index is -0.951. The first-order valence-electron chi connectivity index (χ1n) is 6.68. The molecule has 0 bridgehead atoms. The zero-order valence-electron chi connectivity index (χ0n) is 12.4. The minimum absolute atomic E-state index is 0.261. The van der Waals surface area contributed by atoms with E-state index in [2.05, 4.69) is 0 Å². The quantitative estimate of drug-likeness (QED) is 0.682. The van der Waals surface area contributed by atoms with Gasteiger partial charge in [0.2, 0.25) is 0 Å². The highest BCUT2D eigenvalue weighted by Gasteiger charge is 2.14. The predicted molar refractivity (Wildman–Crippen MR) is 84.4 cm³/mol. The average molecular weight is 282 g/mol. The van der Waals surface area contributed by atoms with Crippen molar-refractivity contribution in [2.45, 2.75) is 13.8 Å². The van der Waals surface area contributed by atoms with Crippen molar-refractivity contribution in [3.05, 3.63) is 64.7 Å². The van der Waals surface area contributed by atoms with Crippen LogP contribution in [0, 0.1) is 13.8 Å². The molecule has 1 N–H and O–H groups in total. The lowest BCUT2D eigenvalue weighted by Crippen LogP contribution is -2.02. The standard InChI is InChI=1S/C18H18O3/c1-12-8-9-15(13(2)10-12)16(18(19)20)11-14-6-4-5-7-17(14)21-3/h4-11H,1-3H3,(H,19,20)/b16-11-. The molecule has 0 fully saturated rings. The maximum absolute atomic E-state index is 11.6. The van der Waals surface area contributed by atoms with E-state index in [-0.39, 0.29) is 5.57 Å². The summed E-state index contributed by atoms with van der Waals surface area (Å²) in [5, 5.41) is 9.54. The van der Waals surface area contributed by atoms with Gasteiger partial charge in [0.1, 0.15) is 5.75 Å². The van der Waals surface area contributed by atoms with Gasteiger partial charge in [0, 0.05) is 5.56 Å². The first kappa shape index (κ1) is 14.9. The van der Waals surface area contributed by atoms with E-state index in [4.69, 9.17) is 4.74 Å². The first-order valence-corrected chi connectivity index (χ1v) is 6.68. The van der Waals surface area contributed by atoms with Crippen LogP contribution in [0.25, 0.3) is 11.6 Å². The summed E-state index contributed by atoms with van der Waals surface area (Å²) in [6, 6.07) is 13.1. The van der Waals surface area contributed by atoms with Crippen molar-refractivity contribution in [2.24, 2.45) is 0 Å². The molecule has 3 nitrogen and oxygen atoms in total. The number of rotatable bonds is 4. The number of carboxylic acid groups (broad SMARTS) is 1. The summed E-state index contributed by atoms with van der Waals surface area (Å²) < 4.78 is 5.27. The van der Waals surface area contributed by atoms with Crippen molar-refractivity contribution in [1.82, 2.24) is 0 Å². The molecule has 0 aliphatic carbocycles. The third-order valence-corrected chi connectivity index (χ3v) is 3.34. The highest BCUT2D eigenvalue weighted by Crippen LogP contribution is 2.26. The highest BCUT2D eigenvalue weighted by atomic mass is 16.5. The zero-order valence-corrected chi connectivity index (χ0v) is 12.4. The number of hydrogen-bond donors (Lipinski definition) is 1. The highest BCUT2D eigenvalue weighted by molar-refractivity contribution is 6.21. The zero-order chi connectivity index (χ0) is 15.4. The number of para-hydroxylation sites is 1. The van der Waals surface area contributed by atoms with E-state index in [1.807, 2.05) is 56.3 Å². The predicted octanol–water partition coefficient (Wildman–Crippen LogP) is 3.94. The molecular formula is C18H18O3. The lowest BCUT2D eigenvalue weighted by atomic mass is 9.97. The van der Waals surface area contributed by atoms with E-state index in [1.54, 1.807) is 13.2 Å². The van der Waals surface area contributed by atoms with Crippen LogP contribution >= 0.6 is 0 Å². The van der Waals surface area contributed by atoms with Crippen molar-refractivity contribution in [3.8, 4) is 5.75 Å². The molecule has 0 unspecified atom stereocenters. The third kappa shape index (κ3) is 3.31. The Labute approximate surface area is 124 Å². The first-order chi connectivity index (χ1) is 10.0. The number of methoxy groups -OCH3 is 1. The molecule has 21 heavy (non-hydrogen) atoms. The molecule has 3 heteroatoms. The van der Waals surface area contributed by atoms with Gasteiger partial charge in [-0.2, -0.15) is 0 Å². The summed E-state index contributed by atoms with van der Waals surface area (Å²) in [6.07, 6.45) is 1.65. The molecule has 0 amide bonds. The Morgan fingerprint density at radius 3 is 2.48 bits per heavy atom. The van der Waals surface area contributed by atoms with Crippen molar-refractivity contribution < 1.29 is 14.6 Å². The second-order valence-electron chi connectivity index (χ2n) is 4.92. The normalized spacial score (nSPS) is 11.3. The molecule has 0 radical (unpaired) electrons. The molecule has 0 heterocycles. The van der Waals surface area contributed by atoms with Gasteiger partial charge in [-0.25, -0.2) is 4.79 Å². The topological polar surface area (TPSA) is 46.5 Å². The fraction of sp³-hybridized carbons (Fsp3) is 0.167. The van der Waals surface area contributed by atoms with Crippen molar-refractivity contribution in [3.63, 3.8) is 0 Å². The number of benzene rings is 2.